The maximum Gasteiger partial charge on any atom is 0.236 e. The van der Waals surface area contributed by atoms with Crippen molar-refractivity contribution in [2.24, 2.45) is 0 Å². The zero-order chi connectivity index (χ0) is 15.9. The van der Waals surface area contributed by atoms with Crippen molar-refractivity contribution < 1.29 is 14.3 Å². The molecule has 22 heavy (non-hydrogen) atoms. The van der Waals surface area contributed by atoms with Crippen LogP contribution in [-0.2, 0) is 14.3 Å². The molecule has 1 aliphatic carbocycles. The smallest absolute Gasteiger partial charge is 0.236 e. The van der Waals surface area contributed by atoms with Crippen LogP contribution in [0.15, 0.2) is 22.7 Å². The van der Waals surface area contributed by atoms with E-state index in [1.807, 2.05) is 0 Å². The van der Waals surface area contributed by atoms with Gasteiger partial charge in [0.1, 0.15) is 5.92 Å². The first-order chi connectivity index (χ1) is 10.5. The van der Waals surface area contributed by atoms with Gasteiger partial charge in [-0.3, -0.25) is 9.59 Å². The van der Waals surface area contributed by atoms with Crippen molar-refractivity contribution in [1.29, 1.82) is 0 Å². The van der Waals surface area contributed by atoms with Crippen LogP contribution in [0.4, 0.5) is 0 Å². The van der Waals surface area contributed by atoms with Gasteiger partial charge in [-0.2, -0.15) is 0 Å². The molecule has 1 N–H and O–H groups in total. The van der Waals surface area contributed by atoms with Crippen LogP contribution >= 0.6 is 27.5 Å². The van der Waals surface area contributed by atoms with Crippen molar-refractivity contribution in [2.45, 2.75) is 43.2 Å². The summed E-state index contributed by atoms with van der Waals surface area (Å²) in [6.07, 6.45) is 2.98. The molecule has 1 aromatic rings. The Morgan fingerprint density at radius 1 is 1.32 bits per heavy atom. The lowest BCUT2D eigenvalue weighted by Crippen LogP contribution is -2.50. The first kappa shape index (κ1) is 16.0. The fourth-order valence-corrected chi connectivity index (χ4v) is 4.08. The predicted molar refractivity (Wildman–Crippen MR) is 87.0 cm³/mol. The average Bonchev–Trinajstić information content (AvgIpc) is 2.74. The van der Waals surface area contributed by atoms with Crippen molar-refractivity contribution in [3.8, 4) is 0 Å². The van der Waals surface area contributed by atoms with E-state index in [1.54, 1.807) is 25.3 Å². The largest absolute Gasteiger partial charge is 0.381 e. The summed E-state index contributed by atoms with van der Waals surface area (Å²) in [6.45, 7) is 0. The molecular weight excluding hydrogens is 370 g/mol. The van der Waals surface area contributed by atoms with E-state index in [0.717, 1.165) is 17.3 Å². The summed E-state index contributed by atoms with van der Waals surface area (Å²) >= 11 is 9.58. The standard InChI is InChI=1S/C16H17BrClNO3/c1-22-10-4-6-16(7-5-10)14(20)13(15(21)19-16)11-8-9(17)2-3-12(11)18/h2-3,8,10,13H,4-7H2,1H3,(H,19,21). The molecule has 2 aliphatic rings. The number of methoxy groups -OCH3 is 1. The topological polar surface area (TPSA) is 55.4 Å². The third-order valence-electron chi connectivity index (χ3n) is 4.75. The van der Waals surface area contributed by atoms with Crippen molar-refractivity contribution in [2.75, 3.05) is 7.11 Å². The Hall–Kier alpha value is -0.910. The van der Waals surface area contributed by atoms with Gasteiger partial charge >= 0.3 is 0 Å². The molecule has 0 radical (unpaired) electrons. The van der Waals surface area contributed by atoms with Gasteiger partial charge in [0.15, 0.2) is 5.78 Å². The van der Waals surface area contributed by atoms with Crippen LogP contribution in [-0.4, -0.2) is 30.4 Å². The molecule has 118 valence electrons. The zero-order valence-electron chi connectivity index (χ0n) is 12.2. The number of amides is 1. The van der Waals surface area contributed by atoms with Crippen LogP contribution in [0, 0.1) is 0 Å². The quantitative estimate of drug-likeness (QED) is 0.794. The molecule has 0 bridgehead atoms. The molecule has 1 unspecified atom stereocenters. The molecule has 4 nitrogen and oxygen atoms in total. The number of rotatable bonds is 2. The SMILES string of the molecule is COC1CCC2(CC1)NC(=O)C(c1cc(Br)ccc1Cl)C2=O. The average molecular weight is 387 g/mol. The highest BCUT2D eigenvalue weighted by Crippen LogP contribution is 2.41. The van der Waals surface area contributed by atoms with Crippen LogP contribution in [0.2, 0.25) is 5.02 Å². The Bertz CT molecular complexity index is 626. The number of carbonyl (C=O) groups is 2. The van der Waals surface area contributed by atoms with Crippen LogP contribution in [0.25, 0.3) is 0 Å². The van der Waals surface area contributed by atoms with Gasteiger partial charge in [0, 0.05) is 16.6 Å². The highest BCUT2D eigenvalue weighted by Gasteiger charge is 2.54. The number of hydrogen-bond donors (Lipinski definition) is 1. The second-order valence-electron chi connectivity index (χ2n) is 5.97. The van der Waals surface area contributed by atoms with E-state index in [2.05, 4.69) is 21.2 Å². The summed E-state index contributed by atoms with van der Waals surface area (Å²) in [5.41, 5.74) is -0.174. The first-order valence-corrected chi connectivity index (χ1v) is 8.48. The number of ketones is 1. The molecule has 1 heterocycles. The molecule has 1 aromatic carbocycles. The second-order valence-corrected chi connectivity index (χ2v) is 7.29. The Balaban J connectivity index is 1.91. The third-order valence-corrected chi connectivity index (χ3v) is 5.58. The fraction of sp³-hybridized carbons (Fsp3) is 0.500. The lowest BCUT2D eigenvalue weighted by atomic mass is 9.76. The van der Waals surface area contributed by atoms with Crippen molar-refractivity contribution >= 4 is 39.2 Å². The fourth-order valence-electron chi connectivity index (χ4n) is 3.47. The van der Waals surface area contributed by atoms with Gasteiger partial charge in [-0.25, -0.2) is 0 Å². The molecule has 6 heteroatoms. The summed E-state index contributed by atoms with van der Waals surface area (Å²) in [5.74, 6) is -1.13. The molecule has 0 aromatic heterocycles. The minimum atomic E-state index is -0.816. The predicted octanol–water partition coefficient (Wildman–Crippen LogP) is 3.21. The van der Waals surface area contributed by atoms with E-state index in [1.165, 1.54) is 0 Å². The lowest BCUT2D eigenvalue weighted by molar-refractivity contribution is -0.126. The van der Waals surface area contributed by atoms with Crippen LogP contribution in [0.5, 0.6) is 0 Å². The van der Waals surface area contributed by atoms with Crippen LogP contribution < -0.4 is 5.32 Å². The number of Topliss-reactive ketones (excluding diaryl/α,β-unsaturated/α-hetero) is 1. The zero-order valence-corrected chi connectivity index (χ0v) is 14.5. The Morgan fingerprint density at radius 3 is 2.64 bits per heavy atom. The molecule has 2 fully saturated rings. The summed E-state index contributed by atoms with van der Waals surface area (Å²) in [6, 6.07) is 5.25. The molecule has 1 atom stereocenters. The molecule has 1 spiro atoms. The van der Waals surface area contributed by atoms with Gasteiger partial charge in [-0.15, -0.1) is 0 Å². The van der Waals surface area contributed by atoms with Crippen molar-refractivity contribution in [3.63, 3.8) is 0 Å². The number of carbonyl (C=O) groups excluding carboxylic acids is 2. The summed E-state index contributed by atoms with van der Waals surface area (Å²) in [5, 5.41) is 3.38. The van der Waals surface area contributed by atoms with E-state index in [9.17, 15) is 9.59 Å². The molecule has 3 rings (SSSR count). The monoisotopic (exact) mass is 385 g/mol. The Morgan fingerprint density at radius 2 is 2.00 bits per heavy atom. The van der Waals surface area contributed by atoms with Crippen molar-refractivity contribution in [1.82, 2.24) is 5.32 Å². The maximum absolute atomic E-state index is 13.0. The second kappa shape index (κ2) is 5.95. The van der Waals surface area contributed by atoms with Crippen LogP contribution in [0.1, 0.15) is 37.2 Å². The van der Waals surface area contributed by atoms with E-state index in [4.69, 9.17) is 16.3 Å². The number of hydrogen-bond acceptors (Lipinski definition) is 3. The number of halogens is 2. The summed E-state index contributed by atoms with van der Waals surface area (Å²) in [4.78, 5) is 25.4. The van der Waals surface area contributed by atoms with Gasteiger partial charge in [0.25, 0.3) is 0 Å². The van der Waals surface area contributed by atoms with E-state index in [0.29, 0.717) is 23.4 Å². The lowest BCUT2D eigenvalue weighted by Gasteiger charge is -2.35. The minimum Gasteiger partial charge on any atom is -0.381 e. The molecule has 1 saturated heterocycles. The van der Waals surface area contributed by atoms with Crippen LogP contribution in [0.3, 0.4) is 0 Å². The minimum absolute atomic E-state index is 0.0629. The molecule has 1 aliphatic heterocycles. The molecule has 1 saturated carbocycles. The highest BCUT2D eigenvalue weighted by atomic mass is 79.9. The normalized spacial score (nSPS) is 31.6. The van der Waals surface area contributed by atoms with Gasteiger partial charge in [0.2, 0.25) is 5.91 Å². The van der Waals surface area contributed by atoms with Gasteiger partial charge in [0.05, 0.1) is 11.6 Å². The maximum atomic E-state index is 13.0. The molecular formula is C16H17BrClNO3. The number of ether oxygens (including phenoxy) is 1. The summed E-state index contributed by atoms with van der Waals surface area (Å²) < 4.78 is 6.15. The van der Waals surface area contributed by atoms with Gasteiger partial charge in [-0.1, -0.05) is 27.5 Å². The number of benzene rings is 1. The number of nitrogens with one attached hydrogen (secondary N) is 1. The first-order valence-electron chi connectivity index (χ1n) is 7.31. The highest BCUT2D eigenvalue weighted by molar-refractivity contribution is 9.10. The van der Waals surface area contributed by atoms with Gasteiger partial charge in [-0.05, 0) is 49.4 Å². The Labute approximate surface area is 142 Å². The summed E-state index contributed by atoms with van der Waals surface area (Å²) in [7, 11) is 1.68. The third kappa shape index (κ3) is 2.59. The Kier molecular flexibility index (Phi) is 4.32. The van der Waals surface area contributed by atoms with E-state index < -0.39 is 11.5 Å². The van der Waals surface area contributed by atoms with Crippen molar-refractivity contribution in [3.05, 3.63) is 33.3 Å². The molecule has 1 amide bonds. The van der Waals surface area contributed by atoms with E-state index >= 15 is 0 Å². The van der Waals surface area contributed by atoms with E-state index in [-0.39, 0.29) is 17.8 Å². The van der Waals surface area contributed by atoms with Gasteiger partial charge < -0.3 is 10.1 Å².